The molecule has 1 aliphatic rings. The van der Waals surface area contributed by atoms with Crippen molar-refractivity contribution < 1.29 is 4.79 Å². The van der Waals surface area contributed by atoms with Gasteiger partial charge < -0.3 is 10.6 Å². The molecule has 0 aromatic carbocycles. The van der Waals surface area contributed by atoms with Crippen LogP contribution < -0.4 is 5.73 Å². The Balaban J connectivity index is 2.28. The van der Waals surface area contributed by atoms with Crippen molar-refractivity contribution in [2.24, 2.45) is 11.7 Å². The van der Waals surface area contributed by atoms with Crippen molar-refractivity contribution in [1.82, 2.24) is 9.80 Å². The van der Waals surface area contributed by atoms with Gasteiger partial charge in [0.2, 0.25) is 5.91 Å². The largest absolute Gasteiger partial charge is 0.342 e. The molecule has 4 heteroatoms. The molecule has 0 aliphatic carbocycles. The lowest BCUT2D eigenvalue weighted by Gasteiger charge is -2.27. The Kier molecular flexibility index (Phi) is 8.15. The van der Waals surface area contributed by atoms with Gasteiger partial charge in [0.25, 0.3) is 0 Å². The summed E-state index contributed by atoms with van der Waals surface area (Å²) in [5.74, 6) is 0.793. The van der Waals surface area contributed by atoms with Gasteiger partial charge in [-0.15, -0.1) is 0 Å². The van der Waals surface area contributed by atoms with Crippen LogP contribution in [-0.4, -0.2) is 55.0 Å². The molecule has 20 heavy (non-hydrogen) atoms. The van der Waals surface area contributed by atoms with Gasteiger partial charge in [-0.05, 0) is 38.8 Å². The standard InChI is InChI=1S/C16H33N3O/c1-14(2)15(17)9-12-18(3)13-16(20)19-10-7-5-4-6-8-11-19/h14-15H,4-13,17H2,1-3H3. The molecule has 1 amide bonds. The fraction of sp³-hybridized carbons (Fsp3) is 0.938. The quantitative estimate of drug-likeness (QED) is 0.812. The van der Waals surface area contributed by atoms with Crippen LogP contribution in [0.1, 0.15) is 52.4 Å². The lowest BCUT2D eigenvalue weighted by Crippen LogP contribution is -2.41. The van der Waals surface area contributed by atoms with Gasteiger partial charge in [0, 0.05) is 19.1 Å². The molecule has 0 aromatic heterocycles. The highest BCUT2D eigenvalue weighted by Crippen LogP contribution is 2.11. The summed E-state index contributed by atoms with van der Waals surface area (Å²) in [5, 5.41) is 0. The minimum Gasteiger partial charge on any atom is -0.342 e. The Hall–Kier alpha value is -0.610. The van der Waals surface area contributed by atoms with Gasteiger partial charge in [-0.25, -0.2) is 0 Å². The zero-order chi connectivity index (χ0) is 15.0. The maximum absolute atomic E-state index is 12.3. The molecule has 0 radical (unpaired) electrons. The van der Waals surface area contributed by atoms with Crippen LogP contribution in [0.4, 0.5) is 0 Å². The summed E-state index contributed by atoms with van der Waals surface area (Å²) in [4.78, 5) is 16.5. The summed E-state index contributed by atoms with van der Waals surface area (Å²) in [6, 6.07) is 0.231. The second kappa shape index (κ2) is 9.35. The van der Waals surface area contributed by atoms with E-state index in [1.807, 2.05) is 7.05 Å². The van der Waals surface area contributed by atoms with E-state index in [0.29, 0.717) is 12.5 Å². The minimum atomic E-state index is 0.231. The SMILES string of the molecule is CC(C)C(N)CCN(C)CC(=O)N1CCCCCCC1. The molecular weight excluding hydrogens is 250 g/mol. The molecule has 118 valence electrons. The number of hydrogen-bond donors (Lipinski definition) is 1. The van der Waals surface area contributed by atoms with Crippen molar-refractivity contribution in [2.75, 3.05) is 33.2 Å². The van der Waals surface area contributed by atoms with Crippen LogP contribution in [0, 0.1) is 5.92 Å². The van der Waals surface area contributed by atoms with Crippen molar-refractivity contribution in [3.63, 3.8) is 0 Å². The summed E-state index contributed by atoms with van der Waals surface area (Å²) in [6.07, 6.45) is 7.14. The highest BCUT2D eigenvalue weighted by Gasteiger charge is 2.17. The molecule has 4 nitrogen and oxygen atoms in total. The summed E-state index contributed by atoms with van der Waals surface area (Å²) < 4.78 is 0. The van der Waals surface area contributed by atoms with Crippen LogP contribution >= 0.6 is 0 Å². The Morgan fingerprint density at radius 2 is 1.70 bits per heavy atom. The molecule has 1 heterocycles. The second-order valence-corrected chi connectivity index (χ2v) is 6.58. The number of likely N-dealkylation sites (N-methyl/N-ethyl adjacent to an activating group) is 1. The van der Waals surface area contributed by atoms with Gasteiger partial charge in [0.1, 0.15) is 0 Å². The Labute approximate surface area is 124 Å². The number of nitrogens with two attached hydrogens (primary N) is 1. The molecule has 1 atom stereocenters. The van der Waals surface area contributed by atoms with E-state index in [9.17, 15) is 4.79 Å². The zero-order valence-corrected chi connectivity index (χ0v) is 13.6. The maximum Gasteiger partial charge on any atom is 0.236 e. The minimum absolute atomic E-state index is 0.231. The highest BCUT2D eigenvalue weighted by molar-refractivity contribution is 5.78. The van der Waals surface area contributed by atoms with Gasteiger partial charge in [-0.2, -0.15) is 0 Å². The normalized spacial score (nSPS) is 19.0. The van der Waals surface area contributed by atoms with Gasteiger partial charge in [0.05, 0.1) is 6.54 Å². The number of amides is 1. The van der Waals surface area contributed by atoms with E-state index in [0.717, 1.165) is 38.9 Å². The molecule has 1 rings (SSSR count). The molecular formula is C16H33N3O. The lowest BCUT2D eigenvalue weighted by molar-refractivity contribution is -0.132. The molecule has 0 saturated carbocycles. The molecule has 2 N–H and O–H groups in total. The third-order valence-corrected chi connectivity index (χ3v) is 4.31. The predicted molar refractivity (Wildman–Crippen MR) is 84.6 cm³/mol. The van der Waals surface area contributed by atoms with Crippen LogP contribution in [0.2, 0.25) is 0 Å². The molecule has 0 spiro atoms. The average Bonchev–Trinajstić information content (AvgIpc) is 2.35. The van der Waals surface area contributed by atoms with E-state index in [1.54, 1.807) is 0 Å². The van der Waals surface area contributed by atoms with Crippen molar-refractivity contribution in [1.29, 1.82) is 0 Å². The zero-order valence-electron chi connectivity index (χ0n) is 13.6. The van der Waals surface area contributed by atoms with E-state index in [-0.39, 0.29) is 11.9 Å². The van der Waals surface area contributed by atoms with E-state index in [4.69, 9.17) is 5.73 Å². The third-order valence-electron chi connectivity index (χ3n) is 4.31. The lowest BCUT2D eigenvalue weighted by atomic mass is 10.0. The topological polar surface area (TPSA) is 49.6 Å². The monoisotopic (exact) mass is 283 g/mol. The number of rotatable bonds is 6. The first-order valence-corrected chi connectivity index (χ1v) is 8.22. The molecule has 1 saturated heterocycles. The van der Waals surface area contributed by atoms with Crippen LogP contribution in [0.15, 0.2) is 0 Å². The highest BCUT2D eigenvalue weighted by atomic mass is 16.2. The average molecular weight is 283 g/mol. The number of hydrogen-bond acceptors (Lipinski definition) is 3. The number of carbonyl (C=O) groups is 1. The van der Waals surface area contributed by atoms with Gasteiger partial charge in [0.15, 0.2) is 0 Å². The van der Waals surface area contributed by atoms with E-state index in [2.05, 4.69) is 23.6 Å². The molecule has 1 unspecified atom stereocenters. The first kappa shape index (κ1) is 17.4. The molecule has 0 aromatic rings. The van der Waals surface area contributed by atoms with Crippen molar-refractivity contribution in [2.45, 2.75) is 58.4 Å². The number of carbonyl (C=O) groups excluding carboxylic acids is 1. The van der Waals surface area contributed by atoms with Gasteiger partial charge in [-0.3, -0.25) is 9.69 Å². The van der Waals surface area contributed by atoms with Crippen LogP contribution in [-0.2, 0) is 4.79 Å². The number of likely N-dealkylation sites (tertiary alicyclic amines) is 1. The Bertz CT molecular complexity index is 273. The Morgan fingerprint density at radius 3 is 2.25 bits per heavy atom. The van der Waals surface area contributed by atoms with Crippen molar-refractivity contribution >= 4 is 5.91 Å². The fourth-order valence-corrected chi connectivity index (χ4v) is 2.61. The third kappa shape index (κ3) is 6.71. The van der Waals surface area contributed by atoms with Crippen molar-refractivity contribution in [3.8, 4) is 0 Å². The summed E-state index contributed by atoms with van der Waals surface area (Å²) >= 11 is 0. The second-order valence-electron chi connectivity index (χ2n) is 6.58. The fourth-order valence-electron chi connectivity index (χ4n) is 2.61. The van der Waals surface area contributed by atoms with E-state index in [1.165, 1.54) is 19.3 Å². The first-order chi connectivity index (χ1) is 9.50. The summed E-state index contributed by atoms with van der Waals surface area (Å²) in [7, 11) is 2.02. The number of nitrogens with zero attached hydrogens (tertiary/aromatic N) is 2. The molecule has 1 fully saturated rings. The predicted octanol–water partition coefficient (Wildman–Crippen LogP) is 2.08. The summed E-state index contributed by atoms with van der Waals surface area (Å²) in [6.45, 7) is 7.62. The first-order valence-electron chi connectivity index (χ1n) is 8.22. The van der Waals surface area contributed by atoms with Crippen LogP contribution in [0.3, 0.4) is 0 Å². The van der Waals surface area contributed by atoms with E-state index < -0.39 is 0 Å². The maximum atomic E-state index is 12.3. The van der Waals surface area contributed by atoms with Crippen LogP contribution in [0.25, 0.3) is 0 Å². The molecule has 1 aliphatic heterocycles. The summed E-state index contributed by atoms with van der Waals surface area (Å²) in [5.41, 5.74) is 6.05. The van der Waals surface area contributed by atoms with Crippen molar-refractivity contribution in [3.05, 3.63) is 0 Å². The Morgan fingerprint density at radius 1 is 1.15 bits per heavy atom. The van der Waals surface area contributed by atoms with Gasteiger partial charge >= 0.3 is 0 Å². The van der Waals surface area contributed by atoms with Gasteiger partial charge in [-0.1, -0.05) is 33.1 Å². The molecule has 0 bridgehead atoms. The van der Waals surface area contributed by atoms with E-state index >= 15 is 0 Å². The smallest absolute Gasteiger partial charge is 0.236 e. The van der Waals surface area contributed by atoms with Crippen LogP contribution in [0.5, 0.6) is 0 Å².